The van der Waals surface area contributed by atoms with Crippen molar-refractivity contribution in [2.75, 3.05) is 31.3 Å². The van der Waals surface area contributed by atoms with Crippen LogP contribution in [0.15, 0.2) is 17.0 Å². The van der Waals surface area contributed by atoms with Crippen molar-refractivity contribution < 1.29 is 35.0 Å². The average Bonchev–Trinajstić information content (AvgIpc) is 2.40. The second-order valence-corrected chi connectivity index (χ2v) is 7.44. The van der Waals surface area contributed by atoms with E-state index in [0.717, 1.165) is 0 Å². The fraction of sp³-hybridized carbons (Fsp3) is 0.500. The van der Waals surface area contributed by atoms with Gasteiger partial charge in [-0.3, -0.25) is 4.55 Å². The SMILES string of the molecule is CCOc1cc(S(=O)(=O)CCOS(=O)(=O)O)c(OCC)cc1N. The van der Waals surface area contributed by atoms with Crippen LogP contribution in [-0.2, 0) is 24.4 Å². The third-order valence-corrected chi connectivity index (χ3v) is 4.75. The summed E-state index contributed by atoms with van der Waals surface area (Å²) in [5.41, 5.74) is 5.98. The van der Waals surface area contributed by atoms with E-state index >= 15 is 0 Å². The van der Waals surface area contributed by atoms with Crippen LogP contribution in [0.2, 0.25) is 0 Å². The summed E-state index contributed by atoms with van der Waals surface area (Å²) in [5, 5.41) is 0. The van der Waals surface area contributed by atoms with Gasteiger partial charge in [0.1, 0.15) is 16.4 Å². The minimum absolute atomic E-state index is 0.0281. The van der Waals surface area contributed by atoms with Crippen LogP contribution in [0, 0.1) is 0 Å². The first kappa shape index (κ1) is 19.5. The summed E-state index contributed by atoms with van der Waals surface area (Å²) in [6, 6.07) is 2.54. The topological polar surface area (TPSA) is 142 Å². The molecule has 0 saturated carbocycles. The third kappa shape index (κ3) is 5.86. The Bertz CT molecular complexity index is 743. The lowest BCUT2D eigenvalue weighted by Gasteiger charge is -2.15. The number of rotatable bonds is 9. The van der Waals surface area contributed by atoms with E-state index in [1.165, 1.54) is 12.1 Å². The fourth-order valence-electron chi connectivity index (χ4n) is 1.71. The van der Waals surface area contributed by atoms with Crippen LogP contribution in [0.4, 0.5) is 5.69 Å². The van der Waals surface area contributed by atoms with E-state index in [1.807, 2.05) is 0 Å². The normalized spacial score (nSPS) is 12.1. The van der Waals surface area contributed by atoms with Gasteiger partial charge in [-0.2, -0.15) is 8.42 Å². The number of anilines is 1. The summed E-state index contributed by atoms with van der Waals surface area (Å²) in [5.74, 6) is -0.479. The Labute approximate surface area is 135 Å². The quantitative estimate of drug-likeness (QED) is 0.474. The molecule has 0 aliphatic heterocycles. The molecule has 0 heterocycles. The Hall–Kier alpha value is -1.56. The van der Waals surface area contributed by atoms with Gasteiger partial charge in [0.2, 0.25) is 0 Å². The van der Waals surface area contributed by atoms with Gasteiger partial charge in [-0.15, -0.1) is 0 Å². The van der Waals surface area contributed by atoms with Crippen LogP contribution in [0.25, 0.3) is 0 Å². The lowest BCUT2D eigenvalue weighted by atomic mass is 10.3. The Morgan fingerprint density at radius 1 is 1.04 bits per heavy atom. The maximum Gasteiger partial charge on any atom is 0.397 e. The van der Waals surface area contributed by atoms with Crippen LogP contribution in [0.1, 0.15) is 13.8 Å². The number of nitrogens with two attached hydrogens (primary N) is 1. The van der Waals surface area contributed by atoms with Crippen molar-refractivity contribution in [3.63, 3.8) is 0 Å². The Morgan fingerprint density at radius 2 is 1.61 bits per heavy atom. The van der Waals surface area contributed by atoms with Crippen LogP contribution in [0.5, 0.6) is 11.5 Å². The zero-order valence-corrected chi connectivity index (χ0v) is 14.3. The molecule has 3 N–H and O–H groups in total. The second kappa shape index (κ2) is 7.81. The lowest BCUT2D eigenvalue weighted by Crippen LogP contribution is -2.16. The molecule has 0 aliphatic rings. The Morgan fingerprint density at radius 3 is 2.13 bits per heavy atom. The molecule has 1 aromatic carbocycles. The predicted octanol–water partition coefficient (Wildman–Crippen LogP) is 0.659. The van der Waals surface area contributed by atoms with Crippen LogP contribution < -0.4 is 15.2 Å². The first-order valence-electron chi connectivity index (χ1n) is 6.64. The van der Waals surface area contributed by atoms with Gasteiger partial charge in [0.25, 0.3) is 0 Å². The molecule has 0 atom stereocenters. The van der Waals surface area contributed by atoms with Crippen molar-refractivity contribution >= 4 is 25.9 Å². The third-order valence-electron chi connectivity index (χ3n) is 2.60. The highest BCUT2D eigenvalue weighted by Crippen LogP contribution is 2.34. The van der Waals surface area contributed by atoms with Gasteiger partial charge in [0.05, 0.1) is 31.3 Å². The molecule has 0 fully saturated rings. The van der Waals surface area contributed by atoms with Crippen LogP contribution in [0.3, 0.4) is 0 Å². The summed E-state index contributed by atoms with van der Waals surface area (Å²) >= 11 is 0. The van der Waals surface area contributed by atoms with E-state index < -0.39 is 32.6 Å². The van der Waals surface area contributed by atoms with E-state index in [1.54, 1.807) is 13.8 Å². The van der Waals surface area contributed by atoms with Gasteiger partial charge >= 0.3 is 10.4 Å². The van der Waals surface area contributed by atoms with Gasteiger partial charge in [-0.1, -0.05) is 0 Å². The molecule has 0 radical (unpaired) electrons. The monoisotopic (exact) mass is 369 g/mol. The maximum atomic E-state index is 12.3. The highest BCUT2D eigenvalue weighted by molar-refractivity contribution is 7.91. The summed E-state index contributed by atoms with van der Waals surface area (Å²) in [6.07, 6.45) is 0. The first-order valence-corrected chi connectivity index (χ1v) is 9.66. The standard InChI is InChI=1S/C12H19NO8S2/c1-3-19-10-8-12(11(20-4-2)7-9(10)13)22(14,15)6-5-21-23(16,17)18/h7-8H,3-6,13H2,1-2H3,(H,16,17,18). The van der Waals surface area contributed by atoms with Crippen molar-refractivity contribution in [2.45, 2.75) is 18.7 Å². The average molecular weight is 369 g/mol. The lowest BCUT2D eigenvalue weighted by molar-refractivity contribution is 0.283. The molecule has 1 aromatic rings. The van der Waals surface area contributed by atoms with Gasteiger partial charge in [0, 0.05) is 12.1 Å². The smallest absolute Gasteiger partial charge is 0.397 e. The minimum atomic E-state index is -4.71. The highest BCUT2D eigenvalue weighted by atomic mass is 32.3. The molecular formula is C12H19NO8S2. The zero-order chi connectivity index (χ0) is 17.7. The number of ether oxygens (including phenoxy) is 2. The number of sulfone groups is 1. The summed E-state index contributed by atoms with van der Waals surface area (Å²) in [4.78, 5) is -0.198. The second-order valence-electron chi connectivity index (χ2n) is 4.27. The van der Waals surface area contributed by atoms with E-state index in [9.17, 15) is 16.8 Å². The summed E-state index contributed by atoms with van der Waals surface area (Å²) in [6.45, 7) is 3.14. The Kier molecular flexibility index (Phi) is 6.62. The first-order chi connectivity index (χ1) is 10.6. The molecule has 0 amide bonds. The zero-order valence-electron chi connectivity index (χ0n) is 12.7. The molecule has 0 aliphatic carbocycles. The molecule has 0 aromatic heterocycles. The number of nitrogen functional groups attached to an aromatic ring is 1. The largest absolute Gasteiger partial charge is 0.492 e. The summed E-state index contributed by atoms with van der Waals surface area (Å²) < 4.78 is 68.7. The van der Waals surface area contributed by atoms with Crippen molar-refractivity contribution in [1.82, 2.24) is 0 Å². The highest BCUT2D eigenvalue weighted by Gasteiger charge is 2.23. The number of benzene rings is 1. The molecule has 0 unspecified atom stereocenters. The Balaban J connectivity index is 3.17. The van der Waals surface area contributed by atoms with Crippen molar-refractivity contribution in [3.8, 4) is 11.5 Å². The van der Waals surface area contributed by atoms with E-state index in [-0.39, 0.29) is 35.3 Å². The molecule has 0 spiro atoms. The molecule has 1 rings (SSSR count). The molecule has 23 heavy (non-hydrogen) atoms. The van der Waals surface area contributed by atoms with Gasteiger partial charge in [-0.25, -0.2) is 12.6 Å². The van der Waals surface area contributed by atoms with Gasteiger partial charge in [-0.05, 0) is 13.8 Å². The minimum Gasteiger partial charge on any atom is -0.492 e. The van der Waals surface area contributed by atoms with E-state index in [0.29, 0.717) is 0 Å². The molecule has 0 bridgehead atoms. The molecule has 11 heteroatoms. The number of hydrogen-bond acceptors (Lipinski definition) is 8. The molecular weight excluding hydrogens is 350 g/mol. The van der Waals surface area contributed by atoms with Crippen LogP contribution >= 0.6 is 0 Å². The van der Waals surface area contributed by atoms with Crippen molar-refractivity contribution in [3.05, 3.63) is 12.1 Å². The van der Waals surface area contributed by atoms with Crippen molar-refractivity contribution in [1.29, 1.82) is 0 Å². The molecule has 132 valence electrons. The summed E-state index contributed by atoms with van der Waals surface area (Å²) in [7, 11) is -8.67. The maximum absolute atomic E-state index is 12.3. The number of hydrogen-bond donors (Lipinski definition) is 2. The van der Waals surface area contributed by atoms with E-state index in [2.05, 4.69) is 4.18 Å². The fourth-order valence-corrected chi connectivity index (χ4v) is 3.34. The van der Waals surface area contributed by atoms with Gasteiger partial charge in [0.15, 0.2) is 9.84 Å². The van der Waals surface area contributed by atoms with Crippen molar-refractivity contribution in [2.24, 2.45) is 0 Å². The predicted molar refractivity (Wildman–Crippen MR) is 82.7 cm³/mol. The van der Waals surface area contributed by atoms with Crippen LogP contribution in [-0.4, -0.2) is 47.0 Å². The molecule has 0 saturated heterocycles. The van der Waals surface area contributed by atoms with E-state index in [4.69, 9.17) is 19.8 Å². The molecule has 9 nitrogen and oxygen atoms in total. The van der Waals surface area contributed by atoms with Gasteiger partial charge < -0.3 is 15.2 Å².